The molecule has 0 bridgehead atoms. The standard InChI is InChI=1S/C14H19N3O3S/c15-12(18)3-1-2-8-17-13(19)9-20-11-6-4-10(5-7-11)14(16)21/h4-7H,1-3,8-9H2,(H2,15,18)(H2,16,21)(H,17,19). The average molecular weight is 309 g/mol. The lowest BCUT2D eigenvalue weighted by atomic mass is 10.2. The van der Waals surface area contributed by atoms with Crippen molar-refractivity contribution in [3.8, 4) is 5.75 Å². The highest BCUT2D eigenvalue weighted by Gasteiger charge is 2.03. The molecule has 1 rings (SSSR count). The molecule has 5 N–H and O–H groups in total. The predicted molar refractivity (Wildman–Crippen MR) is 83.9 cm³/mol. The molecule has 0 saturated heterocycles. The van der Waals surface area contributed by atoms with Crippen molar-refractivity contribution in [3.05, 3.63) is 29.8 Å². The molecular weight excluding hydrogens is 290 g/mol. The van der Waals surface area contributed by atoms with E-state index in [1.165, 1.54) is 0 Å². The van der Waals surface area contributed by atoms with Crippen molar-refractivity contribution in [1.29, 1.82) is 0 Å². The Labute approximate surface area is 128 Å². The zero-order valence-electron chi connectivity index (χ0n) is 11.6. The average Bonchev–Trinajstić information content (AvgIpc) is 2.44. The number of hydrogen-bond donors (Lipinski definition) is 3. The smallest absolute Gasteiger partial charge is 0.257 e. The summed E-state index contributed by atoms with van der Waals surface area (Å²) in [7, 11) is 0. The minimum atomic E-state index is -0.329. The lowest BCUT2D eigenvalue weighted by Crippen LogP contribution is -2.29. The van der Waals surface area contributed by atoms with E-state index < -0.39 is 0 Å². The van der Waals surface area contributed by atoms with Gasteiger partial charge >= 0.3 is 0 Å². The number of carbonyl (C=O) groups excluding carboxylic acids is 2. The van der Waals surface area contributed by atoms with Crippen molar-refractivity contribution in [2.45, 2.75) is 19.3 Å². The number of nitrogens with one attached hydrogen (secondary N) is 1. The third kappa shape index (κ3) is 7.26. The molecule has 1 aromatic carbocycles. The van der Waals surface area contributed by atoms with Gasteiger partial charge in [-0.25, -0.2) is 0 Å². The number of rotatable bonds is 9. The molecule has 114 valence electrons. The molecule has 0 spiro atoms. The van der Waals surface area contributed by atoms with Gasteiger partial charge < -0.3 is 21.5 Å². The number of hydrogen-bond acceptors (Lipinski definition) is 4. The fourth-order valence-corrected chi connectivity index (χ4v) is 1.70. The molecule has 0 atom stereocenters. The maximum absolute atomic E-state index is 11.5. The van der Waals surface area contributed by atoms with Crippen LogP contribution in [0.5, 0.6) is 5.75 Å². The van der Waals surface area contributed by atoms with E-state index >= 15 is 0 Å². The normalized spacial score (nSPS) is 9.90. The molecule has 1 aromatic rings. The second-order valence-electron chi connectivity index (χ2n) is 4.45. The van der Waals surface area contributed by atoms with E-state index in [1.54, 1.807) is 24.3 Å². The fourth-order valence-electron chi connectivity index (χ4n) is 1.57. The van der Waals surface area contributed by atoms with Crippen molar-refractivity contribution < 1.29 is 14.3 Å². The van der Waals surface area contributed by atoms with Gasteiger partial charge in [0.2, 0.25) is 5.91 Å². The summed E-state index contributed by atoms with van der Waals surface area (Å²) in [5.41, 5.74) is 11.2. The maximum Gasteiger partial charge on any atom is 0.257 e. The largest absolute Gasteiger partial charge is 0.484 e. The first-order valence-electron chi connectivity index (χ1n) is 6.56. The van der Waals surface area contributed by atoms with E-state index in [0.29, 0.717) is 36.5 Å². The van der Waals surface area contributed by atoms with E-state index in [2.05, 4.69) is 5.32 Å². The van der Waals surface area contributed by atoms with Crippen LogP contribution >= 0.6 is 12.2 Å². The van der Waals surface area contributed by atoms with Crippen LogP contribution in [0.25, 0.3) is 0 Å². The van der Waals surface area contributed by atoms with Crippen molar-refractivity contribution in [1.82, 2.24) is 5.32 Å². The summed E-state index contributed by atoms with van der Waals surface area (Å²) >= 11 is 4.84. The molecule has 0 aromatic heterocycles. The molecule has 0 aliphatic heterocycles. The first-order chi connectivity index (χ1) is 9.99. The summed E-state index contributed by atoms with van der Waals surface area (Å²) in [5, 5.41) is 2.70. The Morgan fingerprint density at radius 1 is 1.14 bits per heavy atom. The third-order valence-corrected chi connectivity index (χ3v) is 2.92. The van der Waals surface area contributed by atoms with Crippen LogP contribution in [0.1, 0.15) is 24.8 Å². The molecular formula is C14H19N3O3S. The van der Waals surface area contributed by atoms with Gasteiger partial charge in [0.15, 0.2) is 6.61 Å². The monoisotopic (exact) mass is 309 g/mol. The number of primary amides is 1. The number of unbranched alkanes of at least 4 members (excludes halogenated alkanes) is 1. The topological polar surface area (TPSA) is 107 Å². The maximum atomic E-state index is 11.5. The number of nitrogens with two attached hydrogens (primary N) is 2. The highest BCUT2D eigenvalue weighted by atomic mass is 32.1. The highest BCUT2D eigenvalue weighted by molar-refractivity contribution is 7.80. The molecule has 0 heterocycles. The van der Waals surface area contributed by atoms with Crippen LogP contribution in [0.3, 0.4) is 0 Å². The van der Waals surface area contributed by atoms with Gasteiger partial charge in [-0.05, 0) is 37.1 Å². The summed E-state index contributed by atoms with van der Waals surface area (Å²) < 4.78 is 5.33. The van der Waals surface area contributed by atoms with Crippen molar-refractivity contribution in [3.63, 3.8) is 0 Å². The van der Waals surface area contributed by atoms with Crippen LogP contribution in [-0.2, 0) is 9.59 Å². The Morgan fingerprint density at radius 3 is 2.38 bits per heavy atom. The van der Waals surface area contributed by atoms with Crippen molar-refractivity contribution >= 4 is 29.0 Å². The van der Waals surface area contributed by atoms with Crippen LogP contribution in [0.2, 0.25) is 0 Å². The van der Waals surface area contributed by atoms with Crippen LogP contribution in [0.15, 0.2) is 24.3 Å². The molecule has 0 aliphatic carbocycles. The molecule has 21 heavy (non-hydrogen) atoms. The van der Waals surface area contributed by atoms with Gasteiger partial charge in [0, 0.05) is 18.5 Å². The quantitative estimate of drug-likeness (QED) is 0.454. The summed E-state index contributed by atoms with van der Waals surface area (Å²) in [5.74, 6) is 0.0245. The SMILES string of the molecule is NC(=O)CCCCNC(=O)COc1ccc(C(N)=S)cc1. The fraction of sp³-hybridized carbons (Fsp3) is 0.357. The molecule has 0 saturated carbocycles. The van der Waals surface area contributed by atoms with E-state index in [4.69, 9.17) is 28.4 Å². The summed E-state index contributed by atoms with van der Waals surface area (Å²) in [6.07, 6.45) is 1.70. The summed E-state index contributed by atoms with van der Waals surface area (Å²) in [4.78, 5) is 22.4. The van der Waals surface area contributed by atoms with Gasteiger partial charge in [0.1, 0.15) is 10.7 Å². The number of benzene rings is 1. The second-order valence-corrected chi connectivity index (χ2v) is 4.89. The summed E-state index contributed by atoms with van der Waals surface area (Å²) in [6.45, 7) is 0.429. The Balaban J connectivity index is 2.20. The third-order valence-electron chi connectivity index (χ3n) is 2.68. The highest BCUT2D eigenvalue weighted by Crippen LogP contribution is 2.11. The lowest BCUT2D eigenvalue weighted by molar-refractivity contribution is -0.123. The zero-order chi connectivity index (χ0) is 15.7. The molecule has 0 fully saturated rings. The molecule has 0 aliphatic rings. The summed E-state index contributed by atoms with van der Waals surface area (Å²) in [6, 6.07) is 6.88. The minimum absolute atomic E-state index is 0.0672. The van der Waals surface area contributed by atoms with Gasteiger partial charge in [0.25, 0.3) is 5.91 Å². The molecule has 2 amide bonds. The van der Waals surface area contributed by atoms with Gasteiger partial charge in [-0.2, -0.15) is 0 Å². The Morgan fingerprint density at radius 2 is 1.81 bits per heavy atom. The number of carbonyl (C=O) groups is 2. The van der Waals surface area contributed by atoms with Crippen LogP contribution in [-0.4, -0.2) is 30.0 Å². The molecule has 6 nitrogen and oxygen atoms in total. The first kappa shape index (κ1) is 16.9. The van der Waals surface area contributed by atoms with Gasteiger partial charge in [-0.3, -0.25) is 9.59 Å². The van der Waals surface area contributed by atoms with Gasteiger partial charge in [0.05, 0.1) is 0 Å². The Kier molecular flexibility index (Phi) is 7.17. The number of amides is 2. The van der Waals surface area contributed by atoms with Gasteiger partial charge in [-0.1, -0.05) is 12.2 Å². The zero-order valence-corrected chi connectivity index (χ0v) is 12.4. The van der Waals surface area contributed by atoms with Crippen LogP contribution in [0, 0.1) is 0 Å². The minimum Gasteiger partial charge on any atom is -0.484 e. The molecule has 0 radical (unpaired) electrons. The number of ether oxygens (including phenoxy) is 1. The first-order valence-corrected chi connectivity index (χ1v) is 6.97. The second kappa shape index (κ2) is 8.91. The van der Waals surface area contributed by atoms with Crippen molar-refractivity contribution in [2.75, 3.05) is 13.2 Å². The van der Waals surface area contributed by atoms with Crippen molar-refractivity contribution in [2.24, 2.45) is 11.5 Å². The van der Waals surface area contributed by atoms with E-state index in [9.17, 15) is 9.59 Å². The lowest BCUT2D eigenvalue weighted by Gasteiger charge is -2.08. The van der Waals surface area contributed by atoms with Crippen LogP contribution < -0.4 is 21.5 Å². The van der Waals surface area contributed by atoms with E-state index in [-0.39, 0.29) is 18.4 Å². The Bertz CT molecular complexity index is 503. The Hall–Kier alpha value is -2.15. The number of thiocarbonyl (C=S) groups is 1. The predicted octanol–water partition coefficient (Wildman–Crippen LogP) is 0.471. The van der Waals surface area contributed by atoms with E-state index in [0.717, 1.165) is 5.56 Å². The van der Waals surface area contributed by atoms with Crippen LogP contribution in [0.4, 0.5) is 0 Å². The van der Waals surface area contributed by atoms with Gasteiger partial charge in [-0.15, -0.1) is 0 Å². The molecule has 0 unspecified atom stereocenters. The molecule has 7 heteroatoms. The van der Waals surface area contributed by atoms with E-state index in [1.807, 2.05) is 0 Å².